The third kappa shape index (κ3) is 4.40. The van der Waals surface area contributed by atoms with Crippen LogP contribution in [0.4, 0.5) is 13.9 Å². The molecule has 3 aromatic rings. The Hall–Kier alpha value is -2.29. The van der Waals surface area contributed by atoms with Crippen LogP contribution < -0.4 is 9.64 Å². The van der Waals surface area contributed by atoms with E-state index in [4.69, 9.17) is 9.72 Å². The highest BCUT2D eigenvalue weighted by atomic mass is 32.1. The van der Waals surface area contributed by atoms with Gasteiger partial charge in [-0.15, -0.1) is 0 Å². The summed E-state index contributed by atoms with van der Waals surface area (Å²) in [4.78, 5) is 8.93. The Bertz CT molecular complexity index is 986. The molecule has 8 heteroatoms. The summed E-state index contributed by atoms with van der Waals surface area (Å²) in [6.45, 7) is 3.06. The van der Waals surface area contributed by atoms with Crippen molar-refractivity contribution in [3.63, 3.8) is 0 Å². The van der Waals surface area contributed by atoms with E-state index >= 15 is 0 Å². The van der Waals surface area contributed by atoms with E-state index in [1.165, 1.54) is 10.8 Å². The number of likely N-dealkylation sites (tertiary alicyclic amines) is 1. The molecule has 2 heterocycles. The highest BCUT2D eigenvalue weighted by molar-refractivity contribution is 7.22. The van der Waals surface area contributed by atoms with E-state index < -0.39 is 17.4 Å². The van der Waals surface area contributed by atoms with E-state index in [0.717, 1.165) is 35.6 Å². The summed E-state index contributed by atoms with van der Waals surface area (Å²) in [6, 6.07) is 11.8. The number of hydrogen-bond acceptors (Lipinski definition) is 6. The highest BCUT2D eigenvalue weighted by Crippen LogP contribution is 2.31. The van der Waals surface area contributed by atoms with Gasteiger partial charge in [-0.05, 0) is 44.0 Å². The number of halogens is 2. The maximum absolute atomic E-state index is 13.3. The molecule has 1 saturated heterocycles. The molecule has 1 N–H and O–H groups in total. The molecule has 0 amide bonds. The quantitative estimate of drug-likeness (QED) is 0.629. The summed E-state index contributed by atoms with van der Waals surface area (Å²) in [5, 5.41) is 11.9. The summed E-state index contributed by atoms with van der Waals surface area (Å²) in [5.41, 5.74) is -0.191. The molecule has 0 radical (unpaired) electrons. The molecule has 1 aliphatic rings. The van der Waals surface area contributed by atoms with Crippen LogP contribution in [0.1, 0.15) is 19.8 Å². The average Bonchev–Trinajstić information content (AvgIpc) is 3.18. The molecular formula is C22H25F2N3O2S. The van der Waals surface area contributed by atoms with Gasteiger partial charge in [-0.1, -0.05) is 23.5 Å². The molecule has 0 bridgehead atoms. The van der Waals surface area contributed by atoms with Crippen LogP contribution in [0.5, 0.6) is 5.75 Å². The molecule has 0 aliphatic carbocycles. The zero-order valence-electron chi connectivity index (χ0n) is 17.0. The van der Waals surface area contributed by atoms with Crippen molar-refractivity contribution in [1.82, 2.24) is 9.88 Å². The van der Waals surface area contributed by atoms with E-state index in [2.05, 4.69) is 18.0 Å². The summed E-state index contributed by atoms with van der Waals surface area (Å²) in [6.07, 6.45) is 1.77. The molecule has 1 fully saturated rings. The van der Waals surface area contributed by atoms with Crippen molar-refractivity contribution in [3.8, 4) is 5.75 Å². The number of fused-ring (bicyclic) bond motifs is 1. The Morgan fingerprint density at radius 3 is 2.63 bits per heavy atom. The number of aliphatic hydroxyl groups is 1. The normalized spacial score (nSPS) is 17.8. The molecule has 1 aromatic heterocycles. The van der Waals surface area contributed by atoms with Gasteiger partial charge in [0.25, 0.3) is 0 Å². The number of thiazole rings is 1. The molecule has 160 valence electrons. The number of para-hydroxylation sites is 1. The molecule has 0 unspecified atom stereocenters. The van der Waals surface area contributed by atoms with Gasteiger partial charge in [0.2, 0.25) is 0 Å². The van der Waals surface area contributed by atoms with E-state index in [9.17, 15) is 13.9 Å². The van der Waals surface area contributed by atoms with Gasteiger partial charge in [-0.25, -0.2) is 13.8 Å². The molecule has 1 aliphatic heterocycles. The summed E-state index contributed by atoms with van der Waals surface area (Å²) >= 11 is 1.69. The second-order valence-corrected chi connectivity index (χ2v) is 8.88. The first kappa shape index (κ1) is 21.0. The molecule has 4 rings (SSSR count). The topological polar surface area (TPSA) is 48.8 Å². The molecule has 0 saturated carbocycles. The van der Waals surface area contributed by atoms with Gasteiger partial charge < -0.3 is 14.7 Å². The van der Waals surface area contributed by atoms with Crippen molar-refractivity contribution in [2.45, 2.75) is 31.5 Å². The Kier molecular flexibility index (Phi) is 5.90. The lowest BCUT2D eigenvalue weighted by atomic mass is 10.0. The minimum absolute atomic E-state index is 0.0313. The Morgan fingerprint density at radius 2 is 1.93 bits per heavy atom. The number of piperidine rings is 1. The van der Waals surface area contributed by atoms with E-state index in [1.54, 1.807) is 18.3 Å². The summed E-state index contributed by atoms with van der Waals surface area (Å²) < 4.78 is 33.1. The van der Waals surface area contributed by atoms with Crippen molar-refractivity contribution in [2.75, 3.05) is 31.6 Å². The number of ether oxygens (including phenoxy) is 1. The number of nitrogens with zero attached hydrogens (tertiary/aromatic N) is 3. The summed E-state index contributed by atoms with van der Waals surface area (Å²) in [5.74, 6) is -1.70. The first-order valence-corrected chi connectivity index (χ1v) is 10.8. The van der Waals surface area contributed by atoms with Crippen LogP contribution >= 0.6 is 11.3 Å². The van der Waals surface area contributed by atoms with Gasteiger partial charge in [-0.2, -0.15) is 0 Å². The predicted molar refractivity (Wildman–Crippen MR) is 115 cm³/mol. The van der Waals surface area contributed by atoms with Gasteiger partial charge in [-0.3, -0.25) is 4.90 Å². The van der Waals surface area contributed by atoms with Crippen LogP contribution in [0.15, 0.2) is 42.5 Å². The first-order chi connectivity index (χ1) is 14.3. The van der Waals surface area contributed by atoms with Crippen molar-refractivity contribution in [1.29, 1.82) is 0 Å². The third-order valence-electron chi connectivity index (χ3n) is 5.68. The van der Waals surface area contributed by atoms with E-state index in [-0.39, 0.29) is 12.4 Å². The number of rotatable bonds is 6. The lowest BCUT2D eigenvalue weighted by Gasteiger charge is -2.43. The Morgan fingerprint density at radius 1 is 1.20 bits per heavy atom. The molecule has 1 atom stereocenters. The number of hydrogen-bond donors (Lipinski definition) is 1. The largest absolute Gasteiger partial charge is 0.489 e. The van der Waals surface area contributed by atoms with Gasteiger partial charge in [0.05, 0.1) is 10.2 Å². The van der Waals surface area contributed by atoms with Crippen molar-refractivity contribution >= 4 is 26.7 Å². The Balaban J connectivity index is 1.33. The van der Waals surface area contributed by atoms with Crippen molar-refractivity contribution in [3.05, 3.63) is 54.1 Å². The Labute approximate surface area is 178 Å². The number of anilines is 1. The fourth-order valence-corrected chi connectivity index (χ4v) is 4.78. The van der Waals surface area contributed by atoms with E-state index in [0.29, 0.717) is 19.1 Å². The second kappa shape index (κ2) is 8.45. The SMILES string of the molecule is CN(c1nc2ccccc2s1)C1CCN([C@@](C)(O)COc2ccc(F)c(F)c2)CC1. The zero-order valence-corrected chi connectivity index (χ0v) is 17.8. The van der Waals surface area contributed by atoms with Crippen LogP contribution in [0.25, 0.3) is 10.2 Å². The van der Waals surface area contributed by atoms with Gasteiger partial charge in [0.1, 0.15) is 18.1 Å². The average molecular weight is 434 g/mol. The standard InChI is InChI=1S/C22H25F2N3O2S/c1-22(28,14-29-16-7-8-17(23)18(24)13-16)27-11-9-15(10-12-27)26(2)21-25-19-5-3-4-6-20(19)30-21/h3-8,13,15,28H,9-12,14H2,1-2H3/t22-/m0/s1. The minimum Gasteiger partial charge on any atom is -0.489 e. The monoisotopic (exact) mass is 433 g/mol. The zero-order chi connectivity index (χ0) is 21.3. The lowest BCUT2D eigenvalue weighted by molar-refractivity contribution is -0.126. The third-order valence-corrected chi connectivity index (χ3v) is 6.81. The number of aromatic nitrogens is 1. The second-order valence-electron chi connectivity index (χ2n) is 7.87. The molecule has 2 aromatic carbocycles. The predicted octanol–water partition coefficient (Wildman–Crippen LogP) is 4.26. The molecule has 0 spiro atoms. The molecule has 30 heavy (non-hydrogen) atoms. The maximum Gasteiger partial charge on any atom is 0.186 e. The van der Waals surface area contributed by atoms with Gasteiger partial charge in [0.15, 0.2) is 16.8 Å². The van der Waals surface area contributed by atoms with Crippen molar-refractivity contribution in [2.24, 2.45) is 0 Å². The lowest BCUT2D eigenvalue weighted by Crippen LogP contribution is -2.55. The minimum atomic E-state index is -1.20. The van der Waals surface area contributed by atoms with Crippen molar-refractivity contribution < 1.29 is 18.6 Å². The number of benzene rings is 2. The van der Waals surface area contributed by atoms with Crippen LogP contribution in [-0.2, 0) is 0 Å². The molecular weight excluding hydrogens is 408 g/mol. The van der Waals surface area contributed by atoms with Crippen LogP contribution in [0.2, 0.25) is 0 Å². The van der Waals surface area contributed by atoms with Crippen LogP contribution in [-0.4, -0.2) is 53.5 Å². The van der Waals surface area contributed by atoms with Gasteiger partial charge in [0, 0.05) is 32.2 Å². The van der Waals surface area contributed by atoms with Crippen LogP contribution in [0, 0.1) is 11.6 Å². The smallest absolute Gasteiger partial charge is 0.186 e. The van der Waals surface area contributed by atoms with Crippen LogP contribution in [0.3, 0.4) is 0 Å². The van der Waals surface area contributed by atoms with Gasteiger partial charge >= 0.3 is 0 Å². The fraction of sp³-hybridized carbons (Fsp3) is 0.409. The maximum atomic E-state index is 13.3. The van der Waals surface area contributed by atoms with E-state index in [1.807, 2.05) is 23.1 Å². The molecule has 5 nitrogen and oxygen atoms in total. The fourth-order valence-electron chi connectivity index (χ4n) is 3.78. The first-order valence-electron chi connectivity index (χ1n) is 9.97. The summed E-state index contributed by atoms with van der Waals surface area (Å²) in [7, 11) is 2.07. The highest BCUT2D eigenvalue weighted by Gasteiger charge is 2.34.